The Morgan fingerprint density at radius 3 is 2.84 bits per heavy atom. The van der Waals surface area contributed by atoms with Crippen LogP contribution in [0.15, 0.2) is 53.8 Å². The molecule has 1 aliphatic carbocycles. The largest absolute Gasteiger partial charge is 0.348 e. The number of fused-ring (bicyclic) bond motifs is 4. The fourth-order valence-corrected chi connectivity index (χ4v) is 5.22. The zero-order valence-electron chi connectivity index (χ0n) is 19.8. The predicted molar refractivity (Wildman–Crippen MR) is 138 cm³/mol. The zero-order chi connectivity index (χ0) is 25.3. The maximum atomic E-state index is 13.4. The van der Waals surface area contributed by atoms with E-state index in [9.17, 15) is 10.1 Å². The van der Waals surface area contributed by atoms with Gasteiger partial charge >= 0.3 is 5.69 Å². The Bertz CT molecular complexity index is 1970. The van der Waals surface area contributed by atoms with E-state index < -0.39 is 0 Å². The quantitative estimate of drug-likeness (QED) is 0.349. The highest BCUT2D eigenvalue weighted by molar-refractivity contribution is 6.31. The molecule has 1 fully saturated rings. The number of nitrogens with zero attached hydrogens (tertiary/aromatic N) is 9. The van der Waals surface area contributed by atoms with Crippen molar-refractivity contribution in [3.05, 3.63) is 75.7 Å². The molecule has 182 valence electrons. The summed E-state index contributed by atoms with van der Waals surface area (Å²) in [6, 6.07) is 11.6. The summed E-state index contributed by atoms with van der Waals surface area (Å²) >= 11 is 6.33. The highest BCUT2D eigenvalue weighted by Gasteiger charge is 2.28. The van der Waals surface area contributed by atoms with Crippen molar-refractivity contribution in [1.29, 1.82) is 5.26 Å². The SMILES string of the molecule is Cn1cc(C#N)cc1-c1c2c(nn1Cc1ccnc3ccc(Cl)cc13)n(CC1CC1)c(=O)n1cnnc21. The van der Waals surface area contributed by atoms with Gasteiger partial charge in [0.2, 0.25) is 0 Å². The maximum absolute atomic E-state index is 13.4. The van der Waals surface area contributed by atoms with Crippen molar-refractivity contribution in [3.63, 3.8) is 0 Å². The lowest BCUT2D eigenvalue weighted by atomic mass is 10.1. The number of benzene rings is 1. The van der Waals surface area contributed by atoms with E-state index in [-0.39, 0.29) is 5.69 Å². The van der Waals surface area contributed by atoms with Crippen LogP contribution < -0.4 is 5.69 Å². The number of hydrogen-bond acceptors (Lipinski definition) is 6. The van der Waals surface area contributed by atoms with E-state index in [1.807, 2.05) is 46.6 Å². The summed E-state index contributed by atoms with van der Waals surface area (Å²) < 4.78 is 7.00. The molecule has 0 radical (unpaired) electrons. The molecule has 11 heteroatoms. The van der Waals surface area contributed by atoms with Gasteiger partial charge in [0.15, 0.2) is 11.3 Å². The van der Waals surface area contributed by atoms with Crippen LogP contribution in [0.1, 0.15) is 24.0 Å². The Morgan fingerprint density at radius 1 is 1.19 bits per heavy atom. The number of rotatable bonds is 5. The van der Waals surface area contributed by atoms with Crippen LogP contribution in [-0.4, -0.2) is 38.5 Å². The van der Waals surface area contributed by atoms with Crippen molar-refractivity contribution < 1.29 is 0 Å². The summed E-state index contributed by atoms with van der Waals surface area (Å²) in [5.74, 6) is 0.454. The van der Waals surface area contributed by atoms with Gasteiger partial charge in [-0.25, -0.2) is 9.20 Å². The molecular formula is C26H20ClN9O. The molecule has 1 aliphatic rings. The number of aromatic nitrogens is 8. The molecule has 0 atom stereocenters. The third kappa shape index (κ3) is 3.42. The normalized spacial score (nSPS) is 13.6. The first-order valence-corrected chi connectivity index (χ1v) is 12.3. The minimum Gasteiger partial charge on any atom is -0.348 e. The summed E-state index contributed by atoms with van der Waals surface area (Å²) in [5.41, 5.74) is 4.68. The van der Waals surface area contributed by atoms with Crippen molar-refractivity contribution in [1.82, 2.24) is 38.5 Å². The predicted octanol–water partition coefficient (Wildman–Crippen LogP) is 3.78. The molecule has 0 amide bonds. The average molecular weight is 510 g/mol. The first kappa shape index (κ1) is 21.8. The van der Waals surface area contributed by atoms with Gasteiger partial charge in [0.25, 0.3) is 0 Å². The van der Waals surface area contributed by atoms with Crippen LogP contribution in [0.5, 0.6) is 0 Å². The molecule has 0 bridgehead atoms. The second-order valence-electron chi connectivity index (χ2n) is 9.53. The standard InChI is InChI=1S/C26H20ClN9O/c1-33-11-16(10-28)8-21(33)23-22-24-31-30-14-35(24)26(37)34(12-15-2-3-15)25(22)32-36(23)13-17-6-7-29-20-5-4-18(27)9-19(17)20/h4-9,11,14-15H,2-3,12-13H2,1H3. The Morgan fingerprint density at radius 2 is 2.05 bits per heavy atom. The van der Waals surface area contributed by atoms with Crippen molar-refractivity contribution in [3.8, 4) is 17.5 Å². The smallest absolute Gasteiger partial charge is 0.336 e. The molecule has 0 saturated heterocycles. The Balaban J connectivity index is 1.56. The molecule has 5 aromatic heterocycles. The van der Waals surface area contributed by atoms with Crippen molar-refractivity contribution in [2.24, 2.45) is 13.0 Å². The van der Waals surface area contributed by atoms with Gasteiger partial charge in [-0.3, -0.25) is 14.2 Å². The minimum absolute atomic E-state index is 0.207. The van der Waals surface area contributed by atoms with E-state index in [0.717, 1.165) is 46.1 Å². The van der Waals surface area contributed by atoms with E-state index in [2.05, 4.69) is 21.3 Å². The highest BCUT2D eigenvalue weighted by Crippen LogP contribution is 2.35. The molecule has 0 spiro atoms. The molecule has 0 aliphatic heterocycles. The van der Waals surface area contributed by atoms with E-state index >= 15 is 0 Å². The topological polar surface area (TPSA) is 112 Å². The molecule has 1 aromatic carbocycles. The molecule has 0 N–H and O–H groups in total. The Kier molecular flexibility index (Phi) is 4.71. The molecule has 5 heterocycles. The van der Waals surface area contributed by atoms with Crippen LogP contribution >= 0.6 is 11.6 Å². The highest BCUT2D eigenvalue weighted by atomic mass is 35.5. The summed E-state index contributed by atoms with van der Waals surface area (Å²) in [7, 11) is 1.89. The third-order valence-electron chi connectivity index (χ3n) is 7.03. The lowest BCUT2D eigenvalue weighted by Gasteiger charge is -2.11. The second-order valence-corrected chi connectivity index (χ2v) is 9.97. The number of pyridine rings is 1. The molecule has 1 saturated carbocycles. The van der Waals surface area contributed by atoms with Gasteiger partial charge in [0, 0.05) is 36.4 Å². The van der Waals surface area contributed by atoms with E-state index in [1.165, 1.54) is 10.7 Å². The summed E-state index contributed by atoms with van der Waals surface area (Å²) in [6.45, 7) is 0.985. The Hall–Kier alpha value is -4.49. The number of nitriles is 1. The third-order valence-corrected chi connectivity index (χ3v) is 7.26. The lowest BCUT2D eigenvalue weighted by Crippen LogP contribution is -2.27. The van der Waals surface area contributed by atoms with Gasteiger partial charge in [0.05, 0.1) is 34.4 Å². The average Bonchev–Trinajstić information content (AvgIpc) is 3.27. The van der Waals surface area contributed by atoms with Crippen molar-refractivity contribution >= 4 is 39.2 Å². The van der Waals surface area contributed by atoms with Crippen LogP contribution in [0.2, 0.25) is 5.02 Å². The number of halogens is 1. The molecule has 6 aromatic rings. The van der Waals surface area contributed by atoms with Crippen LogP contribution in [0.4, 0.5) is 0 Å². The van der Waals surface area contributed by atoms with Gasteiger partial charge in [-0.2, -0.15) is 10.4 Å². The number of hydrogen-bond donors (Lipinski definition) is 0. The van der Waals surface area contributed by atoms with E-state index in [1.54, 1.807) is 17.0 Å². The first-order chi connectivity index (χ1) is 18.0. The van der Waals surface area contributed by atoms with E-state index in [0.29, 0.717) is 40.9 Å². The van der Waals surface area contributed by atoms with Gasteiger partial charge in [-0.05, 0) is 54.7 Å². The molecule has 10 nitrogen and oxygen atoms in total. The monoisotopic (exact) mass is 509 g/mol. The summed E-state index contributed by atoms with van der Waals surface area (Å²) in [4.78, 5) is 17.9. The summed E-state index contributed by atoms with van der Waals surface area (Å²) in [5, 5.41) is 25.2. The van der Waals surface area contributed by atoms with Gasteiger partial charge in [-0.15, -0.1) is 10.2 Å². The van der Waals surface area contributed by atoms with E-state index in [4.69, 9.17) is 16.7 Å². The molecule has 7 rings (SSSR count). The first-order valence-electron chi connectivity index (χ1n) is 11.9. The van der Waals surface area contributed by atoms with Crippen LogP contribution in [-0.2, 0) is 20.1 Å². The Labute approximate surface area is 215 Å². The van der Waals surface area contributed by atoms with Gasteiger partial charge in [-0.1, -0.05) is 11.6 Å². The molecular weight excluding hydrogens is 490 g/mol. The molecule has 37 heavy (non-hydrogen) atoms. The van der Waals surface area contributed by atoms with Crippen molar-refractivity contribution in [2.75, 3.05) is 0 Å². The van der Waals surface area contributed by atoms with Gasteiger partial charge < -0.3 is 4.57 Å². The van der Waals surface area contributed by atoms with Gasteiger partial charge in [0.1, 0.15) is 12.4 Å². The summed E-state index contributed by atoms with van der Waals surface area (Å²) in [6.07, 6.45) is 7.18. The van der Waals surface area contributed by atoms with Crippen LogP contribution in [0, 0.1) is 17.2 Å². The fraction of sp³-hybridized carbons (Fsp3) is 0.231. The zero-order valence-corrected chi connectivity index (χ0v) is 20.6. The van der Waals surface area contributed by atoms with Crippen LogP contribution in [0.25, 0.3) is 39.0 Å². The minimum atomic E-state index is -0.207. The lowest BCUT2D eigenvalue weighted by molar-refractivity contribution is 0.594. The van der Waals surface area contributed by atoms with Crippen LogP contribution in [0.3, 0.4) is 0 Å². The van der Waals surface area contributed by atoms with Crippen molar-refractivity contribution in [2.45, 2.75) is 25.9 Å². The second kappa shape index (κ2) is 8.01. The number of aryl methyl sites for hydroxylation is 1. The fourth-order valence-electron chi connectivity index (χ4n) is 5.04. The molecule has 0 unspecified atom stereocenters. The maximum Gasteiger partial charge on any atom is 0.336 e.